The highest BCUT2D eigenvalue weighted by Crippen LogP contribution is 2.35. The highest BCUT2D eigenvalue weighted by Gasteiger charge is 2.52. The summed E-state index contributed by atoms with van der Waals surface area (Å²) in [4.78, 5) is 64.1. The Kier molecular flexibility index (Phi) is 5.28. The van der Waals surface area contributed by atoms with Crippen LogP contribution in [0.15, 0.2) is 18.2 Å². The summed E-state index contributed by atoms with van der Waals surface area (Å²) in [7, 11) is 0. The van der Waals surface area contributed by atoms with Gasteiger partial charge in [-0.05, 0) is 49.9 Å². The molecule has 31 heavy (non-hydrogen) atoms. The van der Waals surface area contributed by atoms with Gasteiger partial charge in [-0.1, -0.05) is 12.8 Å². The molecule has 0 radical (unpaired) electrons. The summed E-state index contributed by atoms with van der Waals surface area (Å²) in [6.07, 6.45) is 2.41. The number of nitrogens with one attached hydrogen (secondary N) is 1. The Morgan fingerprint density at radius 3 is 2.58 bits per heavy atom. The highest BCUT2D eigenvalue weighted by molar-refractivity contribution is 6.09. The Labute approximate surface area is 179 Å². The van der Waals surface area contributed by atoms with Gasteiger partial charge in [-0.15, -0.1) is 0 Å². The lowest BCUT2D eigenvalue weighted by atomic mass is 9.98. The lowest BCUT2D eigenvalue weighted by molar-refractivity contribution is -0.149. The first-order valence-electron chi connectivity index (χ1n) is 10.5. The number of carbonyl (C=O) groups excluding carboxylic acids is 5. The quantitative estimate of drug-likeness (QED) is 0.434. The van der Waals surface area contributed by atoms with E-state index in [0.29, 0.717) is 31.4 Å². The fraction of sp³-hybridized carbons (Fsp3) is 0.500. The normalized spacial score (nSPS) is 20.1. The molecule has 4 rings (SSSR count). The number of fused-ring (bicyclic) bond motifs is 1. The van der Waals surface area contributed by atoms with E-state index in [9.17, 15) is 24.0 Å². The standard InChI is InChI=1S/C22H25N3O6/c1-13(19(28)16-5-6-17-15(11-16)7-10-24(17)14(2)26)31-18(27)12-25-20(29)22(23-21(25)30)8-3-4-9-22/h5-6,11,13H,3-4,7-10,12H2,1-2H3,(H,23,30)/t13-/m0/s1. The first-order chi connectivity index (χ1) is 14.7. The van der Waals surface area contributed by atoms with Crippen molar-refractivity contribution < 1.29 is 28.7 Å². The van der Waals surface area contributed by atoms with E-state index >= 15 is 0 Å². The van der Waals surface area contributed by atoms with Crippen molar-refractivity contribution in [2.24, 2.45) is 0 Å². The molecular formula is C22H25N3O6. The zero-order valence-corrected chi connectivity index (χ0v) is 17.6. The Bertz CT molecular complexity index is 981. The average Bonchev–Trinajstić information content (AvgIpc) is 3.42. The van der Waals surface area contributed by atoms with Crippen molar-refractivity contribution in [1.29, 1.82) is 0 Å². The third kappa shape index (κ3) is 3.68. The number of urea groups is 1. The summed E-state index contributed by atoms with van der Waals surface area (Å²) in [6.45, 7) is 3.00. The maximum absolute atomic E-state index is 12.7. The van der Waals surface area contributed by atoms with Gasteiger partial charge in [0.15, 0.2) is 6.10 Å². The minimum Gasteiger partial charge on any atom is -0.453 e. The van der Waals surface area contributed by atoms with Gasteiger partial charge in [0, 0.05) is 24.7 Å². The summed E-state index contributed by atoms with van der Waals surface area (Å²) < 4.78 is 5.23. The second-order valence-corrected chi connectivity index (χ2v) is 8.37. The molecular weight excluding hydrogens is 402 g/mol. The zero-order chi connectivity index (χ0) is 22.3. The lowest BCUT2D eigenvalue weighted by Crippen LogP contribution is -2.44. The summed E-state index contributed by atoms with van der Waals surface area (Å²) in [5.74, 6) is -1.66. The number of nitrogens with zero attached hydrogens (tertiary/aromatic N) is 2. The molecule has 2 fully saturated rings. The van der Waals surface area contributed by atoms with E-state index in [-0.39, 0.29) is 11.7 Å². The van der Waals surface area contributed by atoms with Crippen LogP contribution in [0, 0.1) is 0 Å². The second kappa shape index (κ2) is 7.79. The number of hydrogen-bond donors (Lipinski definition) is 1. The van der Waals surface area contributed by atoms with Crippen molar-refractivity contribution in [2.75, 3.05) is 18.0 Å². The van der Waals surface area contributed by atoms with Gasteiger partial charge in [-0.25, -0.2) is 4.79 Å². The summed E-state index contributed by atoms with van der Waals surface area (Å²) >= 11 is 0. The van der Waals surface area contributed by atoms with Crippen LogP contribution in [-0.2, 0) is 25.5 Å². The maximum Gasteiger partial charge on any atom is 0.326 e. The molecule has 3 aliphatic rings. The second-order valence-electron chi connectivity index (χ2n) is 8.37. The van der Waals surface area contributed by atoms with E-state index < -0.39 is 36.1 Å². The van der Waals surface area contributed by atoms with Crippen LogP contribution in [0.5, 0.6) is 0 Å². The van der Waals surface area contributed by atoms with Gasteiger partial charge in [-0.3, -0.25) is 24.1 Å². The molecule has 0 aromatic heterocycles. The molecule has 0 bridgehead atoms. The predicted molar refractivity (Wildman–Crippen MR) is 110 cm³/mol. The molecule has 1 saturated heterocycles. The van der Waals surface area contributed by atoms with Crippen molar-refractivity contribution in [3.8, 4) is 0 Å². The number of carbonyl (C=O) groups is 5. The minimum atomic E-state index is -1.07. The van der Waals surface area contributed by atoms with E-state index in [4.69, 9.17) is 4.74 Å². The van der Waals surface area contributed by atoms with Gasteiger partial charge in [0.2, 0.25) is 11.7 Å². The molecule has 4 amide bonds. The number of amides is 4. The van der Waals surface area contributed by atoms with Crippen LogP contribution in [0.2, 0.25) is 0 Å². The van der Waals surface area contributed by atoms with E-state index in [2.05, 4.69) is 5.32 Å². The van der Waals surface area contributed by atoms with Crippen molar-refractivity contribution in [3.05, 3.63) is 29.3 Å². The SMILES string of the molecule is CC(=O)N1CCc2cc(C(=O)[C@H](C)OC(=O)CN3C(=O)NC4(CCCC4)C3=O)ccc21. The van der Waals surface area contributed by atoms with Gasteiger partial charge in [0.25, 0.3) is 5.91 Å². The Morgan fingerprint density at radius 2 is 1.90 bits per heavy atom. The van der Waals surface area contributed by atoms with Crippen LogP contribution in [-0.4, -0.2) is 59.2 Å². The first kappa shape index (κ1) is 21.0. The van der Waals surface area contributed by atoms with E-state index in [1.807, 2.05) is 0 Å². The topological polar surface area (TPSA) is 113 Å². The molecule has 2 aliphatic heterocycles. The predicted octanol–water partition coefficient (Wildman–Crippen LogP) is 1.57. The first-order valence-corrected chi connectivity index (χ1v) is 10.5. The molecule has 1 saturated carbocycles. The number of anilines is 1. The fourth-order valence-electron chi connectivity index (χ4n) is 4.67. The smallest absolute Gasteiger partial charge is 0.326 e. The third-order valence-electron chi connectivity index (χ3n) is 6.31. The van der Waals surface area contributed by atoms with Gasteiger partial charge in [0.1, 0.15) is 12.1 Å². The van der Waals surface area contributed by atoms with Crippen LogP contribution in [0.3, 0.4) is 0 Å². The minimum absolute atomic E-state index is 0.0556. The number of hydrogen-bond acceptors (Lipinski definition) is 6. The van der Waals surface area contributed by atoms with E-state index in [1.165, 1.54) is 13.8 Å². The lowest BCUT2D eigenvalue weighted by Gasteiger charge is -2.20. The number of esters is 1. The largest absolute Gasteiger partial charge is 0.453 e. The van der Waals surface area contributed by atoms with E-state index in [0.717, 1.165) is 29.0 Å². The Morgan fingerprint density at radius 1 is 1.19 bits per heavy atom. The molecule has 1 atom stereocenters. The highest BCUT2D eigenvalue weighted by atomic mass is 16.5. The third-order valence-corrected chi connectivity index (χ3v) is 6.31. The Hall–Kier alpha value is -3.23. The molecule has 9 heteroatoms. The number of rotatable bonds is 5. The molecule has 1 aromatic rings. The number of imide groups is 1. The maximum atomic E-state index is 12.7. The van der Waals surface area contributed by atoms with Crippen LogP contribution < -0.4 is 10.2 Å². The summed E-state index contributed by atoms with van der Waals surface area (Å²) in [6, 6.07) is 4.44. The number of benzene rings is 1. The zero-order valence-electron chi connectivity index (χ0n) is 17.6. The Balaban J connectivity index is 1.38. The van der Waals surface area contributed by atoms with Crippen LogP contribution >= 0.6 is 0 Å². The molecule has 1 aliphatic carbocycles. The molecule has 0 unspecified atom stereocenters. The van der Waals surface area contributed by atoms with Crippen LogP contribution in [0.25, 0.3) is 0 Å². The summed E-state index contributed by atoms with van der Waals surface area (Å²) in [5, 5.41) is 2.71. The van der Waals surface area contributed by atoms with E-state index in [1.54, 1.807) is 23.1 Å². The average molecular weight is 427 g/mol. The van der Waals surface area contributed by atoms with Crippen molar-refractivity contribution >= 4 is 35.3 Å². The number of ketones is 1. The van der Waals surface area contributed by atoms with Gasteiger partial charge < -0.3 is 15.0 Å². The van der Waals surface area contributed by atoms with Crippen molar-refractivity contribution in [2.45, 2.75) is 57.6 Å². The monoisotopic (exact) mass is 427 g/mol. The molecule has 1 N–H and O–H groups in total. The van der Waals surface area contributed by atoms with Gasteiger partial charge >= 0.3 is 12.0 Å². The van der Waals surface area contributed by atoms with Crippen LogP contribution in [0.4, 0.5) is 10.5 Å². The van der Waals surface area contributed by atoms with Crippen molar-refractivity contribution in [3.63, 3.8) is 0 Å². The van der Waals surface area contributed by atoms with Crippen molar-refractivity contribution in [1.82, 2.24) is 10.2 Å². The number of ether oxygens (including phenoxy) is 1. The fourth-order valence-corrected chi connectivity index (χ4v) is 4.67. The molecule has 9 nitrogen and oxygen atoms in total. The molecule has 1 aromatic carbocycles. The molecule has 2 heterocycles. The number of Topliss-reactive ketones (excluding diaryl/α,β-unsaturated/α-hetero) is 1. The van der Waals surface area contributed by atoms with Gasteiger partial charge in [0.05, 0.1) is 0 Å². The van der Waals surface area contributed by atoms with Crippen LogP contribution in [0.1, 0.15) is 55.5 Å². The van der Waals surface area contributed by atoms with Gasteiger partial charge in [-0.2, -0.15) is 0 Å². The molecule has 1 spiro atoms. The molecule has 164 valence electrons. The summed E-state index contributed by atoms with van der Waals surface area (Å²) in [5.41, 5.74) is 1.16.